The Morgan fingerprint density at radius 3 is 2.86 bits per heavy atom. The predicted molar refractivity (Wildman–Crippen MR) is 90.0 cm³/mol. The minimum Gasteiger partial charge on any atom is -0.508 e. The van der Waals surface area contributed by atoms with E-state index in [-0.39, 0.29) is 0 Å². The van der Waals surface area contributed by atoms with Crippen molar-refractivity contribution in [2.24, 2.45) is 0 Å². The average molecular weight is 296 g/mol. The first-order valence-corrected chi connectivity index (χ1v) is 8.20. The van der Waals surface area contributed by atoms with E-state index >= 15 is 0 Å². The van der Waals surface area contributed by atoms with Crippen molar-refractivity contribution >= 4 is 0 Å². The number of rotatable bonds is 4. The number of nitrogens with zero attached hydrogens (tertiary/aromatic N) is 1. The first kappa shape index (κ1) is 15.0. The number of aromatic nitrogens is 1. The first-order chi connectivity index (χ1) is 10.7. The molecule has 0 bridgehead atoms. The predicted octanol–water partition coefficient (Wildman–Crippen LogP) is 3.84. The van der Waals surface area contributed by atoms with Gasteiger partial charge in [-0.25, -0.2) is 0 Å². The molecule has 0 unspecified atom stereocenters. The number of pyridine rings is 1. The van der Waals surface area contributed by atoms with Gasteiger partial charge in [-0.1, -0.05) is 12.5 Å². The Morgan fingerprint density at radius 1 is 1.18 bits per heavy atom. The molecule has 2 N–H and O–H groups in total. The van der Waals surface area contributed by atoms with Crippen LogP contribution in [0.15, 0.2) is 36.5 Å². The fourth-order valence-electron chi connectivity index (χ4n) is 3.22. The molecule has 2 aromatic rings. The van der Waals surface area contributed by atoms with Gasteiger partial charge < -0.3 is 10.4 Å². The standard InChI is InChI=1S/C19H24N2O/c1-14-10-16(7-9-20-14)17-11-15(12-19(22)13-17)5-6-18-4-2-3-8-21-18/h7,9-13,18,21-22H,2-6,8H2,1H3/t18-/m0/s1. The second kappa shape index (κ2) is 6.93. The van der Waals surface area contributed by atoms with Crippen molar-refractivity contribution < 1.29 is 5.11 Å². The summed E-state index contributed by atoms with van der Waals surface area (Å²) in [6.45, 7) is 3.13. The molecule has 2 heterocycles. The monoisotopic (exact) mass is 296 g/mol. The van der Waals surface area contributed by atoms with Crippen LogP contribution in [0, 0.1) is 6.92 Å². The molecule has 116 valence electrons. The lowest BCUT2D eigenvalue weighted by Crippen LogP contribution is -2.34. The summed E-state index contributed by atoms with van der Waals surface area (Å²) in [5.41, 5.74) is 4.38. The van der Waals surface area contributed by atoms with Crippen LogP contribution in [0.2, 0.25) is 0 Å². The number of aromatic hydroxyl groups is 1. The van der Waals surface area contributed by atoms with Crippen molar-refractivity contribution in [3.63, 3.8) is 0 Å². The first-order valence-electron chi connectivity index (χ1n) is 8.20. The highest BCUT2D eigenvalue weighted by Crippen LogP contribution is 2.27. The average Bonchev–Trinajstić information content (AvgIpc) is 2.53. The van der Waals surface area contributed by atoms with E-state index in [4.69, 9.17) is 0 Å². The van der Waals surface area contributed by atoms with Gasteiger partial charge in [-0.3, -0.25) is 4.98 Å². The van der Waals surface area contributed by atoms with E-state index in [0.29, 0.717) is 11.8 Å². The van der Waals surface area contributed by atoms with Crippen molar-refractivity contribution in [3.8, 4) is 16.9 Å². The van der Waals surface area contributed by atoms with Crippen LogP contribution in [0.3, 0.4) is 0 Å². The molecular formula is C19H24N2O. The Labute approximate surface area is 132 Å². The summed E-state index contributed by atoms with van der Waals surface area (Å²) >= 11 is 0. The van der Waals surface area contributed by atoms with Gasteiger partial charge in [0.15, 0.2) is 0 Å². The van der Waals surface area contributed by atoms with E-state index in [2.05, 4.69) is 22.4 Å². The van der Waals surface area contributed by atoms with Gasteiger partial charge >= 0.3 is 0 Å². The second-order valence-electron chi connectivity index (χ2n) is 6.26. The van der Waals surface area contributed by atoms with Gasteiger partial charge in [0.1, 0.15) is 5.75 Å². The van der Waals surface area contributed by atoms with Crippen LogP contribution in [0.25, 0.3) is 11.1 Å². The molecule has 1 aliphatic heterocycles. The molecule has 0 spiro atoms. The maximum atomic E-state index is 10.0. The topological polar surface area (TPSA) is 45.1 Å². The fraction of sp³-hybridized carbons (Fsp3) is 0.421. The summed E-state index contributed by atoms with van der Waals surface area (Å²) in [7, 11) is 0. The van der Waals surface area contributed by atoms with Crippen LogP contribution >= 0.6 is 0 Å². The number of phenols is 1. The van der Waals surface area contributed by atoms with Crippen LogP contribution in [-0.4, -0.2) is 22.7 Å². The number of phenolic OH excluding ortho intramolecular Hbond substituents is 1. The summed E-state index contributed by atoms with van der Waals surface area (Å²) in [6.07, 6.45) is 7.87. The maximum absolute atomic E-state index is 10.0. The third-order valence-electron chi connectivity index (χ3n) is 4.40. The van der Waals surface area contributed by atoms with Gasteiger partial charge in [0, 0.05) is 17.9 Å². The highest BCUT2D eigenvalue weighted by atomic mass is 16.3. The van der Waals surface area contributed by atoms with Gasteiger partial charge in [0.2, 0.25) is 0 Å². The van der Waals surface area contributed by atoms with Crippen LogP contribution in [0.1, 0.15) is 36.9 Å². The Bertz CT molecular complexity index is 633. The lowest BCUT2D eigenvalue weighted by molar-refractivity contribution is 0.382. The molecule has 1 saturated heterocycles. The van der Waals surface area contributed by atoms with Crippen molar-refractivity contribution in [1.29, 1.82) is 0 Å². The molecule has 3 nitrogen and oxygen atoms in total. The molecule has 22 heavy (non-hydrogen) atoms. The van der Waals surface area contributed by atoms with E-state index in [1.54, 1.807) is 0 Å². The fourth-order valence-corrected chi connectivity index (χ4v) is 3.22. The van der Waals surface area contributed by atoms with Crippen LogP contribution in [0.4, 0.5) is 0 Å². The zero-order valence-corrected chi connectivity index (χ0v) is 13.2. The summed E-state index contributed by atoms with van der Waals surface area (Å²) in [4.78, 5) is 4.24. The van der Waals surface area contributed by atoms with Gasteiger partial charge in [0.05, 0.1) is 0 Å². The lowest BCUT2D eigenvalue weighted by atomic mass is 9.96. The highest BCUT2D eigenvalue weighted by Gasteiger charge is 2.12. The SMILES string of the molecule is Cc1cc(-c2cc(O)cc(CC[C@@H]3CCCCN3)c2)ccn1. The largest absolute Gasteiger partial charge is 0.508 e. The highest BCUT2D eigenvalue weighted by molar-refractivity contribution is 5.66. The quantitative estimate of drug-likeness (QED) is 0.901. The Kier molecular flexibility index (Phi) is 4.74. The molecule has 0 amide bonds. The molecule has 3 heteroatoms. The smallest absolute Gasteiger partial charge is 0.116 e. The third-order valence-corrected chi connectivity index (χ3v) is 4.40. The minimum absolute atomic E-state index is 0.346. The number of aryl methyl sites for hydroxylation is 2. The number of hydrogen-bond donors (Lipinski definition) is 2. The van der Waals surface area contributed by atoms with E-state index in [1.165, 1.54) is 24.8 Å². The zero-order chi connectivity index (χ0) is 15.4. The molecule has 1 aliphatic rings. The van der Waals surface area contributed by atoms with Crippen LogP contribution in [-0.2, 0) is 6.42 Å². The van der Waals surface area contributed by atoms with Gasteiger partial charge in [-0.05, 0) is 80.1 Å². The molecule has 1 fully saturated rings. The van der Waals surface area contributed by atoms with Crippen molar-refractivity contribution in [2.45, 2.75) is 45.1 Å². The van der Waals surface area contributed by atoms with E-state index in [1.807, 2.05) is 31.3 Å². The Morgan fingerprint density at radius 2 is 2.09 bits per heavy atom. The zero-order valence-electron chi connectivity index (χ0n) is 13.2. The Hall–Kier alpha value is -1.87. The molecule has 1 aromatic carbocycles. The maximum Gasteiger partial charge on any atom is 0.116 e. The summed E-state index contributed by atoms with van der Waals surface area (Å²) in [6, 6.07) is 10.6. The second-order valence-corrected chi connectivity index (χ2v) is 6.26. The number of benzene rings is 1. The Balaban J connectivity index is 1.74. The van der Waals surface area contributed by atoms with E-state index < -0.39 is 0 Å². The number of piperidine rings is 1. The van der Waals surface area contributed by atoms with Crippen LogP contribution in [0.5, 0.6) is 5.75 Å². The molecule has 1 aromatic heterocycles. The normalized spacial score (nSPS) is 18.3. The van der Waals surface area contributed by atoms with E-state index in [9.17, 15) is 5.11 Å². The van der Waals surface area contributed by atoms with Gasteiger partial charge in [-0.2, -0.15) is 0 Å². The lowest BCUT2D eigenvalue weighted by Gasteiger charge is -2.23. The van der Waals surface area contributed by atoms with Gasteiger partial charge in [-0.15, -0.1) is 0 Å². The molecule has 0 aliphatic carbocycles. The van der Waals surface area contributed by atoms with Crippen molar-refractivity contribution in [3.05, 3.63) is 47.8 Å². The molecular weight excluding hydrogens is 272 g/mol. The van der Waals surface area contributed by atoms with Crippen molar-refractivity contribution in [1.82, 2.24) is 10.3 Å². The summed E-state index contributed by atoms with van der Waals surface area (Å²) < 4.78 is 0. The van der Waals surface area contributed by atoms with Crippen molar-refractivity contribution in [2.75, 3.05) is 6.54 Å². The van der Waals surface area contributed by atoms with Crippen LogP contribution < -0.4 is 5.32 Å². The van der Waals surface area contributed by atoms with Gasteiger partial charge in [0.25, 0.3) is 0 Å². The van der Waals surface area contributed by atoms with E-state index in [0.717, 1.165) is 36.2 Å². The third kappa shape index (κ3) is 3.86. The number of nitrogens with one attached hydrogen (secondary N) is 1. The molecule has 0 saturated carbocycles. The minimum atomic E-state index is 0.346. The summed E-state index contributed by atoms with van der Waals surface area (Å²) in [5, 5.41) is 13.6. The molecule has 0 radical (unpaired) electrons. The molecule has 3 rings (SSSR count). The molecule has 1 atom stereocenters. The number of hydrogen-bond acceptors (Lipinski definition) is 3. The summed E-state index contributed by atoms with van der Waals surface area (Å²) in [5.74, 6) is 0.346.